The molecule has 0 saturated heterocycles. The number of rotatable bonds is 8. The first-order valence-corrected chi connectivity index (χ1v) is 12.0. The van der Waals surface area contributed by atoms with Gasteiger partial charge in [0.15, 0.2) is 0 Å². The zero-order valence-corrected chi connectivity index (χ0v) is 12.9. The van der Waals surface area contributed by atoms with Gasteiger partial charge >= 0.3 is 93.3 Å². The van der Waals surface area contributed by atoms with Gasteiger partial charge in [0.2, 0.25) is 0 Å². The molecule has 1 atom stereocenters. The van der Waals surface area contributed by atoms with Gasteiger partial charge in [-0.05, 0) is 0 Å². The molecule has 0 aromatic heterocycles. The Labute approximate surface area is 93.3 Å². The molecule has 0 aromatic carbocycles. The zero-order chi connectivity index (χ0) is 11.0. The van der Waals surface area contributed by atoms with Crippen molar-refractivity contribution < 1.29 is 6.15 Å². The monoisotopic (exact) mass is 311 g/mol. The molecule has 86 valence electrons. The SMILES string of the molecule is CC[O][Sn]([CH2]C)([CH2]CC(C)N)[O]CC. The van der Waals surface area contributed by atoms with Gasteiger partial charge in [-0.25, -0.2) is 0 Å². The van der Waals surface area contributed by atoms with Gasteiger partial charge in [0.25, 0.3) is 0 Å². The molecule has 0 aromatic rings. The van der Waals surface area contributed by atoms with Gasteiger partial charge < -0.3 is 0 Å². The number of hydrogen-bond acceptors (Lipinski definition) is 3. The van der Waals surface area contributed by atoms with Crippen LogP contribution in [0.2, 0.25) is 8.87 Å². The van der Waals surface area contributed by atoms with E-state index in [1.807, 2.05) is 20.8 Å². The van der Waals surface area contributed by atoms with E-state index in [1.54, 1.807) is 0 Å². The molecule has 2 N–H and O–H groups in total. The zero-order valence-electron chi connectivity index (χ0n) is 10.0. The second-order valence-corrected chi connectivity index (χ2v) is 13.9. The first kappa shape index (κ1) is 14.7. The van der Waals surface area contributed by atoms with E-state index in [4.69, 9.17) is 11.9 Å². The van der Waals surface area contributed by atoms with Crippen molar-refractivity contribution in [2.75, 3.05) is 13.2 Å². The quantitative estimate of drug-likeness (QED) is 0.700. The van der Waals surface area contributed by atoms with E-state index in [0.717, 1.165) is 28.5 Å². The van der Waals surface area contributed by atoms with E-state index in [2.05, 4.69) is 6.92 Å². The first-order valence-electron chi connectivity index (χ1n) is 5.63. The molecular formula is C10H25NO2Sn. The average molecular weight is 310 g/mol. The van der Waals surface area contributed by atoms with Crippen molar-refractivity contribution in [2.45, 2.75) is 49.0 Å². The Balaban J connectivity index is 4.17. The summed E-state index contributed by atoms with van der Waals surface area (Å²) in [6.07, 6.45) is 1.03. The van der Waals surface area contributed by atoms with Crippen LogP contribution in [-0.2, 0) is 6.15 Å². The molecule has 1 unspecified atom stereocenters. The minimum absolute atomic E-state index is 0.263. The molecule has 14 heavy (non-hydrogen) atoms. The van der Waals surface area contributed by atoms with Crippen LogP contribution in [0.5, 0.6) is 0 Å². The number of nitrogens with two attached hydrogens (primary N) is 1. The standard InChI is InChI=1S/C4H10N.2C2H5O.C2H5.Sn/c1-3-4(2)5;2*1-2-3;1-2;/h4H,1,3,5H2,2H3;2*2H2,1H3;1H2,2H3;/q;2*-1;;+2. The van der Waals surface area contributed by atoms with Crippen LogP contribution >= 0.6 is 0 Å². The maximum absolute atomic E-state index is 5.90. The van der Waals surface area contributed by atoms with Gasteiger partial charge in [0.1, 0.15) is 0 Å². The van der Waals surface area contributed by atoms with Crippen molar-refractivity contribution in [2.24, 2.45) is 5.73 Å². The molecule has 0 amide bonds. The van der Waals surface area contributed by atoms with Crippen molar-refractivity contribution >= 4 is 19.2 Å². The van der Waals surface area contributed by atoms with Crippen LogP contribution in [0.15, 0.2) is 0 Å². The Bertz CT molecular complexity index is 136. The fourth-order valence-electron chi connectivity index (χ4n) is 1.54. The van der Waals surface area contributed by atoms with Crippen molar-refractivity contribution in [3.05, 3.63) is 0 Å². The molecule has 0 rings (SSSR count). The van der Waals surface area contributed by atoms with E-state index in [1.165, 1.54) is 0 Å². The average Bonchev–Trinajstić information content (AvgIpc) is 2.15. The van der Waals surface area contributed by atoms with E-state index in [-0.39, 0.29) is 6.04 Å². The van der Waals surface area contributed by atoms with Crippen LogP contribution in [0.4, 0.5) is 0 Å². The topological polar surface area (TPSA) is 44.5 Å². The summed E-state index contributed by atoms with van der Waals surface area (Å²) in [4.78, 5) is 0. The molecule has 0 fully saturated rings. The van der Waals surface area contributed by atoms with E-state index in [9.17, 15) is 0 Å². The molecule has 3 nitrogen and oxygen atoms in total. The fraction of sp³-hybridized carbons (Fsp3) is 1.00. The van der Waals surface area contributed by atoms with Crippen LogP contribution in [0.25, 0.3) is 0 Å². The third-order valence-corrected chi connectivity index (χ3v) is 13.1. The van der Waals surface area contributed by atoms with Gasteiger partial charge in [0.05, 0.1) is 0 Å². The van der Waals surface area contributed by atoms with Crippen molar-refractivity contribution in [3.63, 3.8) is 0 Å². The second kappa shape index (κ2) is 7.90. The number of hydrogen-bond donors (Lipinski definition) is 1. The fourth-order valence-corrected chi connectivity index (χ4v) is 10.3. The maximum atomic E-state index is 5.90. The third-order valence-electron chi connectivity index (χ3n) is 2.33. The van der Waals surface area contributed by atoms with E-state index < -0.39 is 19.2 Å². The van der Waals surface area contributed by atoms with Crippen LogP contribution in [-0.4, -0.2) is 38.5 Å². The molecule has 0 aliphatic carbocycles. The summed E-state index contributed by atoms with van der Waals surface area (Å²) in [7, 11) is 0. The summed E-state index contributed by atoms with van der Waals surface area (Å²) >= 11 is -2.68. The minimum atomic E-state index is -2.68. The summed E-state index contributed by atoms with van der Waals surface area (Å²) in [6, 6.07) is 0.263. The Hall–Kier alpha value is 0.679. The molecule has 0 heterocycles. The Kier molecular flexibility index (Phi) is 8.29. The van der Waals surface area contributed by atoms with Crippen LogP contribution in [0, 0.1) is 0 Å². The summed E-state index contributed by atoms with van der Waals surface area (Å²) in [5.74, 6) is 0. The molecule has 4 heteroatoms. The summed E-state index contributed by atoms with van der Waals surface area (Å²) in [5.41, 5.74) is 5.77. The molecule has 0 saturated carbocycles. The Morgan fingerprint density at radius 2 is 1.64 bits per heavy atom. The molecule has 0 spiro atoms. The molecular weight excluding hydrogens is 285 g/mol. The van der Waals surface area contributed by atoms with Crippen LogP contribution in [0.1, 0.15) is 34.1 Å². The second-order valence-electron chi connectivity index (χ2n) is 3.65. The predicted octanol–water partition coefficient (Wildman–Crippen LogP) is 2.26. The van der Waals surface area contributed by atoms with Crippen LogP contribution in [0.3, 0.4) is 0 Å². The van der Waals surface area contributed by atoms with Gasteiger partial charge in [-0.3, -0.25) is 0 Å². The first-order chi connectivity index (χ1) is 6.60. The summed E-state index contributed by atoms with van der Waals surface area (Å²) in [5, 5.41) is 0. The van der Waals surface area contributed by atoms with E-state index in [0.29, 0.717) is 0 Å². The van der Waals surface area contributed by atoms with Crippen molar-refractivity contribution in [1.82, 2.24) is 0 Å². The summed E-state index contributed by atoms with van der Waals surface area (Å²) in [6.45, 7) is 9.89. The van der Waals surface area contributed by atoms with Crippen molar-refractivity contribution in [1.29, 1.82) is 0 Å². The van der Waals surface area contributed by atoms with E-state index >= 15 is 0 Å². The van der Waals surface area contributed by atoms with Gasteiger partial charge in [0, 0.05) is 0 Å². The Morgan fingerprint density at radius 1 is 1.14 bits per heavy atom. The third kappa shape index (κ3) is 5.53. The predicted molar refractivity (Wildman–Crippen MR) is 62.6 cm³/mol. The molecule has 0 bridgehead atoms. The molecule has 0 aliphatic heterocycles. The summed E-state index contributed by atoms with van der Waals surface area (Å²) < 4.78 is 14.0. The van der Waals surface area contributed by atoms with Crippen molar-refractivity contribution in [3.8, 4) is 0 Å². The Morgan fingerprint density at radius 3 is 1.93 bits per heavy atom. The molecule has 0 radical (unpaired) electrons. The van der Waals surface area contributed by atoms with Crippen LogP contribution < -0.4 is 5.73 Å². The molecule has 0 aliphatic rings. The van der Waals surface area contributed by atoms with Gasteiger partial charge in [-0.2, -0.15) is 0 Å². The van der Waals surface area contributed by atoms with Gasteiger partial charge in [-0.1, -0.05) is 0 Å². The van der Waals surface area contributed by atoms with Gasteiger partial charge in [-0.15, -0.1) is 0 Å². The normalized spacial score (nSPS) is 14.4.